The van der Waals surface area contributed by atoms with E-state index in [1.54, 1.807) is 12.1 Å². The van der Waals surface area contributed by atoms with Crippen LogP contribution in [0.25, 0.3) is 6.08 Å². The van der Waals surface area contributed by atoms with Crippen LogP contribution in [0.2, 0.25) is 0 Å². The van der Waals surface area contributed by atoms with Crippen LogP contribution in [0, 0.1) is 10.1 Å². The van der Waals surface area contributed by atoms with Gasteiger partial charge in [-0.1, -0.05) is 0 Å². The van der Waals surface area contributed by atoms with Gasteiger partial charge in [0.1, 0.15) is 0 Å². The third-order valence-electron chi connectivity index (χ3n) is 2.65. The van der Waals surface area contributed by atoms with Crippen molar-refractivity contribution in [2.75, 3.05) is 0 Å². The highest BCUT2D eigenvalue weighted by Gasteiger charge is 2.16. The van der Waals surface area contributed by atoms with E-state index in [1.165, 1.54) is 12.1 Å². The molecule has 0 aliphatic heterocycles. The van der Waals surface area contributed by atoms with Crippen molar-refractivity contribution < 1.29 is 9.72 Å². The van der Waals surface area contributed by atoms with E-state index in [1.807, 2.05) is 6.08 Å². The first kappa shape index (κ1) is 10.5. The summed E-state index contributed by atoms with van der Waals surface area (Å²) >= 11 is 0. The molecule has 1 fully saturated rings. The van der Waals surface area contributed by atoms with Gasteiger partial charge in [0.15, 0.2) is 5.78 Å². The number of allylic oxidation sites excluding steroid dienone is 1. The number of nitro groups is 1. The highest BCUT2D eigenvalue weighted by molar-refractivity contribution is 6.01. The Morgan fingerprint density at radius 1 is 1.19 bits per heavy atom. The minimum atomic E-state index is -0.433. The Labute approximate surface area is 92.7 Å². The summed E-state index contributed by atoms with van der Waals surface area (Å²) in [6.07, 6.45) is 4.17. The van der Waals surface area contributed by atoms with E-state index in [4.69, 9.17) is 0 Å². The van der Waals surface area contributed by atoms with Gasteiger partial charge in [0.25, 0.3) is 5.69 Å². The van der Waals surface area contributed by atoms with Gasteiger partial charge in [-0.05, 0) is 42.2 Å². The van der Waals surface area contributed by atoms with Crippen molar-refractivity contribution in [1.29, 1.82) is 0 Å². The van der Waals surface area contributed by atoms with E-state index in [-0.39, 0.29) is 11.5 Å². The van der Waals surface area contributed by atoms with Crippen LogP contribution in [0.4, 0.5) is 5.69 Å². The van der Waals surface area contributed by atoms with Gasteiger partial charge >= 0.3 is 0 Å². The summed E-state index contributed by atoms with van der Waals surface area (Å²) in [6, 6.07) is 6.23. The van der Waals surface area contributed by atoms with Crippen LogP contribution < -0.4 is 0 Å². The molecule has 0 unspecified atom stereocenters. The van der Waals surface area contributed by atoms with Gasteiger partial charge in [-0.2, -0.15) is 0 Å². The fourth-order valence-corrected chi connectivity index (χ4v) is 1.79. The van der Waals surface area contributed by atoms with E-state index in [0.717, 1.165) is 24.0 Å². The number of nitro benzene ring substituents is 1. The van der Waals surface area contributed by atoms with Crippen molar-refractivity contribution in [1.82, 2.24) is 0 Å². The zero-order valence-corrected chi connectivity index (χ0v) is 8.68. The Bertz CT molecular complexity index is 460. The molecular formula is C12H11NO3. The summed E-state index contributed by atoms with van der Waals surface area (Å²) in [7, 11) is 0. The molecular weight excluding hydrogens is 206 g/mol. The standard InChI is InChI=1S/C12H11NO3/c14-12-3-1-2-10(12)8-9-4-6-11(7-5-9)13(15)16/h4-8H,1-3H2/b10-8+. The number of benzene rings is 1. The summed E-state index contributed by atoms with van der Waals surface area (Å²) in [5.74, 6) is 0.193. The molecule has 0 N–H and O–H groups in total. The Balaban J connectivity index is 2.22. The lowest BCUT2D eigenvalue weighted by molar-refractivity contribution is -0.384. The second kappa shape index (κ2) is 4.26. The molecule has 4 heteroatoms. The van der Waals surface area contributed by atoms with Gasteiger partial charge in [-0.3, -0.25) is 14.9 Å². The van der Waals surface area contributed by atoms with E-state index in [9.17, 15) is 14.9 Å². The number of carbonyl (C=O) groups excluding carboxylic acids is 1. The molecule has 82 valence electrons. The number of hydrogen-bond donors (Lipinski definition) is 0. The largest absolute Gasteiger partial charge is 0.295 e. The smallest absolute Gasteiger partial charge is 0.269 e. The molecule has 0 bridgehead atoms. The summed E-state index contributed by atoms with van der Waals surface area (Å²) in [5.41, 5.74) is 1.74. The normalized spacial score (nSPS) is 18.0. The van der Waals surface area contributed by atoms with Crippen LogP contribution in [0.3, 0.4) is 0 Å². The predicted octanol–water partition coefficient (Wildman–Crippen LogP) is 2.73. The molecule has 2 rings (SSSR count). The second-order valence-electron chi connectivity index (χ2n) is 3.79. The fraction of sp³-hybridized carbons (Fsp3) is 0.250. The topological polar surface area (TPSA) is 60.2 Å². The Morgan fingerprint density at radius 3 is 2.38 bits per heavy atom. The molecule has 1 saturated carbocycles. The monoisotopic (exact) mass is 217 g/mol. The lowest BCUT2D eigenvalue weighted by Crippen LogP contribution is -1.91. The fourth-order valence-electron chi connectivity index (χ4n) is 1.79. The number of ketones is 1. The van der Waals surface area contributed by atoms with Gasteiger partial charge in [0.2, 0.25) is 0 Å². The zero-order valence-electron chi connectivity index (χ0n) is 8.68. The Morgan fingerprint density at radius 2 is 1.88 bits per heavy atom. The second-order valence-corrected chi connectivity index (χ2v) is 3.79. The highest BCUT2D eigenvalue weighted by atomic mass is 16.6. The Kier molecular flexibility index (Phi) is 2.81. The SMILES string of the molecule is O=C1CCC/C1=C\c1ccc([N+](=O)[O-])cc1. The number of Topliss-reactive ketones (excluding diaryl/α,β-unsaturated/α-hetero) is 1. The van der Waals surface area contributed by atoms with Crippen molar-refractivity contribution >= 4 is 17.5 Å². The van der Waals surface area contributed by atoms with E-state index in [2.05, 4.69) is 0 Å². The van der Waals surface area contributed by atoms with Crippen molar-refractivity contribution in [3.63, 3.8) is 0 Å². The lowest BCUT2D eigenvalue weighted by Gasteiger charge is -1.96. The van der Waals surface area contributed by atoms with Crippen molar-refractivity contribution in [2.45, 2.75) is 19.3 Å². The first-order valence-corrected chi connectivity index (χ1v) is 5.15. The summed E-state index contributed by atoms with van der Waals surface area (Å²) in [6.45, 7) is 0. The molecule has 0 heterocycles. The van der Waals surface area contributed by atoms with Gasteiger partial charge in [0.05, 0.1) is 4.92 Å². The molecule has 0 radical (unpaired) electrons. The van der Waals surface area contributed by atoms with Crippen LogP contribution in [0.5, 0.6) is 0 Å². The number of hydrogen-bond acceptors (Lipinski definition) is 3. The number of nitrogens with zero attached hydrogens (tertiary/aromatic N) is 1. The molecule has 0 saturated heterocycles. The molecule has 1 aliphatic carbocycles. The van der Waals surface area contributed by atoms with Crippen LogP contribution in [-0.2, 0) is 4.79 Å². The first-order chi connectivity index (χ1) is 7.66. The number of rotatable bonds is 2. The maximum atomic E-state index is 11.4. The van der Waals surface area contributed by atoms with Gasteiger partial charge < -0.3 is 0 Å². The summed E-state index contributed by atoms with van der Waals surface area (Å²) in [5, 5.41) is 10.4. The average Bonchev–Trinajstić information content (AvgIpc) is 2.65. The molecule has 0 aromatic heterocycles. The van der Waals surface area contributed by atoms with E-state index >= 15 is 0 Å². The zero-order chi connectivity index (χ0) is 11.5. The molecule has 1 aromatic carbocycles. The summed E-state index contributed by atoms with van der Waals surface area (Å²) < 4.78 is 0. The quantitative estimate of drug-likeness (QED) is 0.434. The van der Waals surface area contributed by atoms with Crippen molar-refractivity contribution in [3.8, 4) is 0 Å². The van der Waals surface area contributed by atoms with E-state index < -0.39 is 4.92 Å². The molecule has 0 amide bonds. The van der Waals surface area contributed by atoms with Crippen molar-refractivity contribution in [2.24, 2.45) is 0 Å². The van der Waals surface area contributed by atoms with Crippen LogP contribution in [0.1, 0.15) is 24.8 Å². The van der Waals surface area contributed by atoms with Crippen molar-refractivity contribution in [3.05, 3.63) is 45.5 Å². The van der Waals surface area contributed by atoms with Crippen LogP contribution in [-0.4, -0.2) is 10.7 Å². The molecule has 4 nitrogen and oxygen atoms in total. The van der Waals surface area contributed by atoms with Crippen LogP contribution >= 0.6 is 0 Å². The number of non-ortho nitro benzene ring substituents is 1. The molecule has 16 heavy (non-hydrogen) atoms. The molecule has 0 spiro atoms. The minimum absolute atomic E-state index is 0.0694. The maximum absolute atomic E-state index is 11.4. The lowest BCUT2D eigenvalue weighted by atomic mass is 10.1. The maximum Gasteiger partial charge on any atom is 0.269 e. The number of carbonyl (C=O) groups is 1. The predicted molar refractivity (Wildman–Crippen MR) is 59.9 cm³/mol. The van der Waals surface area contributed by atoms with Gasteiger partial charge in [0, 0.05) is 18.6 Å². The molecule has 1 aromatic rings. The highest BCUT2D eigenvalue weighted by Crippen LogP contribution is 2.23. The van der Waals surface area contributed by atoms with Gasteiger partial charge in [-0.25, -0.2) is 0 Å². The third kappa shape index (κ3) is 2.16. The average molecular weight is 217 g/mol. The van der Waals surface area contributed by atoms with E-state index in [0.29, 0.717) is 6.42 Å². The molecule has 1 aliphatic rings. The third-order valence-corrected chi connectivity index (χ3v) is 2.65. The summed E-state index contributed by atoms with van der Waals surface area (Å²) in [4.78, 5) is 21.4. The van der Waals surface area contributed by atoms with Gasteiger partial charge in [-0.15, -0.1) is 0 Å². The Hall–Kier alpha value is -1.97. The first-order valence-electron chi connectivity index (χ1n) is 5.15. The molecule has 0 atom stereocenters. The van der Waals surface area contributed by atoms with Crippen LogP contribution in [0.15, 0.2) is 29.8 Å². The minimum Gasteiger partial charge on any atom is -0.295 e.